The van der Waals surface area contributed by atoms with Crippen LogP contribution < -0.4 is 14.4 Å². The number of esters is 1. The second-order valence-electron chi connectivity index (χ2n) is 12.2. The summed E-state index contributed by atoms with van der Waals surface area (Å²) in [5.74, 6) is 1.38. The van der Waals surface area contributed by atoms with E-state index in [0.29, 0.717) is 29.5 Å². The molecule has 0 unspecified atom stereocenters. The molecule has 2 aliphatic heterocycles. The molecule has 1 aromatic heterocycles. The first kappa shape index (κ1) is 34.1. The van der Waals surface area contributed by atoms with Crippen LogP contribution in [-0.4, -0.2) is 60.0 Å². The molecule has 0 bridgehead atoms. The molecule has 0 aliphatic carbocycles. The number of ether oxygens (including phenoxy) is 3. The molecule has 3 heterocycles. The van der Waals surface area contributed by atoms with Crippen molar-refractivity contribution in [2.75, 3.05) is 44.3 Å². The van der Waals surface area contributed by atoms with Gasteiger partial charge in [-0.3, -0.25) is 9.69 Å². The quantitative estimate of drug-likeness (QED) is 0.115. The number of hydrogen-bond acceptors (Lipinski definition) is 9. The number of benzene rings is 3. The lowest BCUT2D eigenvalue weighted by molar-refractivity contribution is -0.145. The van der Waals surface area contributed by atoms with Gasteiger partial charge in [0.2, 0.25) is 0 Å². The van der Waals surface area contributed by atoms with Gasteiger partial charge in [-0.05, 0) is 80.9 Å². The summed E-state index contributed by atoms with van der Waals surface area (Å²) in [5, 5.41) is 0.657. The van der Waals surface area contributed by atoms with E-state index in [2.05, 4.69) is 28.0 Å². The topological polar surface area (TPSA) is 64.1 Å². The van der Waals surface area contributed by atoms with Crippen molar-refractivity contribution >= 4 is 34.8 Å². The van der Waals surface area contributed by atoms with E-state index in [1.165, 1.54) is 46.5 Å². The molecule has 254 valence electrons. The summed E-state index contributed by atoms with van der Waals surface area (Å²) in [6.07, 6.45) is -3.46. The Morgan fingerprint density at radius 3 is 2.42 bits per heavy atom. The van der Waals surface area contributed by atoms with E-state index in [0.717, 1.165) is 72.6 Å². The Bertz CT molecular complexity index is 1720. The second kappa shape index (κ2) is 14.4. The number of alkyl halides is 3. The third-order valence-electron chi connectivity index (χ3n) is 8.35. The highest BCUT2D eigenvalue weighted by atomic mass is 32.2. The van der Waals surface area contributed by atoms with E-state index in [4.69, 9.17) is 19.2 Å². The first-order valence-corrected chi connectivity index (χ1v) is 17.6. The summed E-state index contributed by atoms with van der Waals surface area (Å²) in [6, 6.07) is 19.1. The summed E-state index contributed by atoms with van der Waals surface area (Å²) in [4.78, 5) is 23.8. The zero-order valence-corrected chi connectivity index (χ0v) is 28.8. The fourth-order valence-corrected chi connectivity index (χ4v) is 7.68. The predicted octanol–water partition coefficient (Wildman–Crippen LogP) is 8.10. The van der Waals surface area contributed by atoms with Crippen LogP contribution in [0.5, 0.6) is 11.5 Å². The number of thiazole rings is 1. The highest BCUT2D eigenvalue weighted by Gasteiger charge is 2.31. The minimum Gasteiger partial charge on any atom is -0.493 e. The van der Waals surface area contributed by atoms with Crippen LogP contribution in [0, 0.1) is 0 Å². The lowest BCUT2D eigenvalue weighted by Gasteiger charge is -2.36. The van der Waals surface area contributed by atoms with Gasteiger partial charge >= 0.3 is 12.1 Å². The first-order chi connectivity index (χ1) is 23.0. The van der Waals surface area contributed by atoms with Gasteiger partial charge in [0.25, 0.3) is 0 Å². The molecule has 0 N–H and O–H groups in total. The Labute approximate surface area is 287 Å². The fourth-order valence-electron chi connectivity index (χ4n) is 5.68. The van der Waals surface area contributed by atoms with Crippen molar-refractivity contribution < 1.29 is 32.2 Å². The largest absolute Gasteiger partial charge is 0.493 e. The van der Waals surface area contributed by atoms with Crippen LogP contribution in [0.4, 0.5) is 18.9 Å². The van der Waals surface area contributed by atoms with E-state index >= 15 is 0 Å². The van der Waals surface area contributed by atoms with Gasteiger partial charge in [0.15, 0.2) is 0 Å². The molecule has 0 saturated carbocycles. The Morgan fingerprint density at radius 2 is 1.73 bits per heavy atom. The molecular weight excluding hydrogens is 660 g/mol. The van der Waals surface area contributed by atoms with Gasteiger partial charge < -0.3 is 19.1 Å². The Balaban J connectivity index is 1.14. The number of fused-ring (bicyclic) bond motifs is 1. The van der Waals surface area contributed by atoms with Crippen molar-refractivity contribution in [2.45, 2.75) is 56.2 Å². The minimum atomic E-state index is -4.40. The van der Waals surface area contributed by atoms with E-state index in [-0.39, 0.29) is 12.6 Å². The number of halogens is 3. The van der Waals surface area contributed by atoms with Crippen molar-refractivity contribution in [3.8, 4) is 22.1 Å². The average molecular weight is 698 g/mol. The van der Waals surface area contributed by atoms with E-state index in [9.17, 15) is 18.0 Å². The molecule has 0 atom stereocenters. The van der Waals surface area contributed by atoms with Crippen LogP contribution in [0.25, 0.3) is 10.6 Å². The number of rotatable bonds is 11. The van der Waals surface area contributed by atoms with Crippen LogP contribution in [0.15, 0.2) is 71.6 Å². The summed E-state index contributed by atoms with van der Waals surface area (Å²) >= 11 is 2.86. The lowest BCUT2D eigenvalue weighted by Crippen LogP contribution is -2.46. The number of aromatic nitrogens is 1. The van der Waals surface area contributed by atoms with Crippen molar-refractivity contribution in [1.29, 1.82) is 0 Å². The Morgan fingerprint density at radius 1 is 1.00 bits per heavy atom. The number of hydrogen-bond donors (Lipinski definition) is 0. The molecule has 2 aliphatic rings. The number of carbonyl (C=O) groups is 1. The monoisotopic (exact) mass is 697 g/mol. The molecule has 48 heavy (non-hydrogen) atoms. The van der Waals surface area contributed by atoms with Gasteiger partial charge in [-0.15, -0.1) is 23.1 Å². The Hall–Kier alpha value is -3.74. The smallest absolute Gasteiger partial charge is 0.416 e. The lowest BCUT2D eigenvalue weighted by atomic mass is 10.1. The summed E-state index contributed by atoms with van der Waals surface area (Å²) < 4.78 is 56.0. The van der Waals surface area contributed by atoms with Crippen LogP contribution in [-0.2, 0) is 35.3 Å². The van der Waals surface area contributed by atoms with Gasteiger partial charge in [0.1, 0.15) is 27.9 Å². The molecule has 1 saturated heterocycles. The predicted molar refractivity (Wildman–Crippen MR) is 183 cm³/mol. The van der Waals surface area contributed by atoms with Gasteiger partial charge in [0.05, 0.1) is 29.3 Å². The minimum absolute atomic E-state index is 0.267. The van der Waals surface area contributed by atoms with Gasteiger partial charge in [-0.1, -0.05) is 12.1 Å². The highest BCUT2D eigenvalue weighted by Crippen LogP contribution is 2.36. The first-order valence-electron chi connectivity index (χ1n) is 16.0. The standard InChI is InChI=1S/C36H38F3N3O4S2/c1-4-44-34(43)35(2,3)48-29-12-10-28(11-13-29)46-23-32-30(40-33(47-32)24-5-7-26(8-6-24)36(37,38)39)22-41-16-18-42(19-17-41)27-9-14-31-25(21-27)15-20-45-31/h5-14,21H,4,15-20,22-23H2,1-3H3. The molecule has 6 rings (SSSR count). The number of nitrogens with zero attached hydrogens (tertiary/aromatic N) is 3. The summed E-state index contributed by atoms with van der Waals surface area (Å²) in [5.41, 5.74) is 3.28. The van der Waals surface area contributed by atoms with Crippen LogP contribution in [0.1, 0.15) is 42.5 Å². The molecule has 0 radical (unpaired) electrons. The third-order valence-corrected chi connectivity index (χ3v) is 10.7. The molecule has 7 nitrogen and oxygen atoms in total. The Kier molecular flexibility index (Phi) is 10.2. The number of thioether (sulfide) groups is 1. The zero-order valence-electron chi connectivity index (χ0n) is 27.1. The SMILES string of the molecule is CCOC(=O)C(C)(C)Sc1ccc(OCc2sc(-c3ccc(C(F)(F)F)cc3)nc2CN2CCN(c3ccc4c(c3)CCO4)CC2)cc1. The van der Waals surface area contributed by atoms with Gasteiger partial charge in [-0.25, -0.2) is 4.98 Å². The molecule has 0 amide bonds. The van der Waals surface area contributed by atoms with E-state index < -0.39 is 16.5 Å². The molecule has 4 aromatic rings. The van der Waals surface area contributed by atoms with Crippen molar-refractivity contribution in [3.05, 3.63) is 88.4 Å². The van der Waals surface area contributed by atoms with Crippen LogP contribution in [0.2, 0.25) is 0 Å². The molecular formula is C36H38F3N3O4S2. The highest BCUT2D eigenvalue weighted by molar-refractivity contribution is 8.01. The third kappa shape index (κ3) is 8.10. The van der Waals surface area contributed by atoms with Crippen molar-refractivity contribution in [3.63, 3.8) is 0 Å². The van der Waals surface area contributed by atoms with Crippen molar-refractivity contribution in [2.24, 2.45) is 0 Å². The second-order valence-corrected chi connectivity index (χ2v) is 15.0. The summed E-state index contributed by atoms with van der Waals surface area (Å²) in [7, 11) is 0. The van der Waals surface area contributed by atoms with Crippen molar-refractivity contribution in [1.82, 2.24) is 9.88 Å². The molecule has 1 fully saturated rings. The number of anilines is 1. The van der Waals surface area contributed by atoms with Gasteiger partial charge in [0, 0.05) is 55.3 Å². The molecule has 0 spiro atoms. The van der Waals surface area contributed by atoms with E-state index in [1.54, 1.807) is 6.92 Å². The maximum absolute atomic E-state index is 13.2. The van der Waals surface area contributed by atoms with Crippen LogP contribution in [0.3, 0.4) is 0 Å². The molecule has 3 aromatic carbocycles. The maximum Gasteiger partial charge on any atom is 0.416 e. The number of piperazine rings is 1. The maximum atomic E-state index is 13.2. The van der Waals surface area contributed by atoms with E-state index in [1.807, 2.05) is 38.1 Å². The van der Waals surface area contributed by atoms with Gasteiger partial charge in [-0.2, -0.15) is 13.2 Å². The average Bonchev–Trinajstić information content (AvgIpc) is 3.71. The summed E-state index contributed by atoms with van der Waals surface area (Å²) in [6.45, 7) is 10.9. The fraction of sp³-hybridized carbons (Fsp3) is 0.389. The van der Waals surface area contributed by atoms with Crippen LogP contribution >= 0.6 is 23.1 Å². The number of carbonyl (C=O) groups excluding carboxylic acids is 1. The molecule has 12 heteroatoms. The normalized spacial score (nSPS) is 15.2. The zero-order chi connectivity index (χ0) is 33.9.